The number of rotatable bonds is 6. The van der Waals surface area contributed by atoms with Crippen molar-refractivity contribution in [2.45, 2.75) is 25.3 Å². The van der Waals surface area contributed by atoms with Gasteiger partial charge in [-0.05, 0) is 31.2 Å². The molecule has 0 atom stereocenters. The Morgan fingerprint density at radius 2 is 1.74 bits per heavy atom. The normalized spacial score (nSPS) is 15.7. The predicted molar refractivity (Wildman–Crippen MR) is 118 cm³/mol. The summed E-state index contributed by atoms with van der Waals surface area (Å²) in [5.74, 6) is -1.60. The van der Waals surface area contributed by atoms with Crippen LogP contribution in [0.25, 0.3) is 11.0 Å². The molecule has 0 spiro atoms. The molecular formula is C22H20ClF6N5O. The van der Waals surface area contributed by atoms with E-state index in [1.54, 1.807) is 4.57 Å². The van der Waals surface area contributed by atoms with Gasteiger partial charge in [-0.25, -0.2) is 9.97 Å². The molecule has 35 heavy (non-hydrogen) atoms. The summed E-state index contributed by atoms with van der Waals surface area (Å²) in [4.78, 5) is 23.8. The molecule has 3 aromatic heterocycles. The quantitative estimate of drug-likeness (QED) is 0.337. The Morgan fingerprint density at radius 3 is 2.37 bits per heavy atom. The number of pyridine rings is 2. The van der Waals surface area contributed by atoms with E-state index in [0.717, 1.165) is 12.3 Å². The largest absolute Gasteiger partial charge is 0.454 e. The first kappa shape index (κ1) is 25.2. The average molecular weight is 520 g/mol. The van der Waals surface area contributed by atoms with Gasteiger partial charge in [0.05, 0.1) is 16.1 Å². The zero-order chi connectivity index (χ0) is 25.4. The summed E-state index contributed by atoms with van der Waals surface area (Å²) in [5.41, 5.74) is -1.01. The number of aryl methyl sites for hydroxylation is 1. The second kappa shape index (κ2) is 9.65. The van der Waals surface area contributed by atoms with E-state index in [1.165, 1.54) is 24.5 Å². The van der Waals surface area contributed by atoms with Crippen molar-refractivity contribution >= 4 is 34.2 Å². The first-order valence-corrected chi connectivity index (χ1v) is 11.1. The standard InChI is InChI=1S/C22H20ClF6N5O/c23-17-11-14(21(24,25)26)12-31-20(17)33-9-7-32(8-10-33)5-2-6-34-13-16(18(35)22(27,28)29)15-3-1-4-30-19(15)34/h1,3-4,11-13H,2,5-10H2. The lowest BCUT2D eigenvalue weighted by Crippen LogP contribution is -2.47. The summed E-state index contributed by atoms with van der Waals surface area (Å²) < 4.78 is 78.9. The Bertz CT molecular complexity index is 1220. The molecule has 0 N–H and O–H groups in total. The first-order valence-electron chi connectivity index (χ1n) is 10.7. The highest BCUT2D eigenvalue weighted by molar-refractivity contribution is 6.33. The van der Waals surface area contributed by atoms with Gasteiger partial charge in [-0.2, -0.15) is 26.3 Å². The van der Waals surface area contributed by atoms with Gasteiger partial charge in [-0.15, -0.1) is 0 Å². The maximum absolute atomic E-state index is 13.0. The van der Waals surface area contributed by atoms with Crippen molar-refractivity contribution in [1.82, 2.24) is 19.4 Å². The molecule has 6 nitrogen and oxygen atoms in total. The Hall–Kier alpha value is -2.86. The third-order valence-corrected chi connectivity index (χ3v) is 6.11. The van der Waals surface area contributed by atoms with E-state index in [-0.39, 0.29) is 10.4 Å². The Labute approximate surface area is 201 Å². The maximum atomic E-state index is 13.0. The van der Waals surface area contributed by atoms with Crippen molar-refractivity contribution in [2.24, 2.45) is 0 Å². The van der Waals surface area contributed by atoms with Gasteiger partial charge in [0.15, 0.2) is 0 Å². The van der Waals surface area contributed by atoms with Crippen LogP contribution in [0.15, 0.2) is 36.8 Å². The lowest BCUT2D eigenvalue weighted by Gasteiger charge is -2.35. The molecule has 0 amide bonds. The van der Waals surface area contributed by atoms with E-state index in [1.807, 2.05) is 4.90 Å². The molecule has 4 heterocycles. The molecule has 188 valence electrons. The number of Topliss-reactive ketones (excluding diaryl/α,β-unsaturated/α-hetero) is 1. The average Bonchev–Trinajstić information content (AvgIpc) is 3.16. The minimum atomic E-state index is -4.97. The Morgan fingerprint density at radius 1 is 1.03 bits per heavy atom. The van der Waals surface area contributed by atoms with Crippen LogP contribution in [-0.4, -0.2) is 64.1 Å². The number of halogens is 7. The summed E-state index contributed by atoms with van der Waals surface area (Å²) >= 11 is 6.04. The number of hydrogen-bond donors (Lipinski definition) is 0. The smallest absolute Gasteiger partial charge is 0.353 e. The predicted octanol–water partition coefficient (Wildman–Crippen LogP) is 5.06. The lowest BCUT2D eigenvalue weighted by molar-refractivity contribution is -0.137. The number of nitrogens with zero attached hydrogens (tertiary/aromatic N) is 5. The number of aromatic nitrogens is 3. The van der Waals surface area contributed by atoms with E-state index in [9.17, 15) is 31.1 Å². The maximum Gasteiger partial charge on any atom is 0.454 e. The molecule has 1 fully saturated rings. The second-order valence-electron chi connectivity index (χ2n) is 8.15. The molecule has 0 aromatic carbocycles. The molecule has 0 bridgehead atoms. The van der Waals surface area contributed by atoms with E-state index in [2.05, 4.69) is 14.9 Å². The van der Waals surface area contributed by atoms with E-state index >= 15 is 0 Å². The van der Waals surface area contributed by atoms with Crippen LogP contribution in [0.3, 0.4) is 0 Å². The highest BCUT2D eigenvalue weighted by Gasteiger charge is 2.41. The van der Waals surface area contributed by atoms with Crippen molar-refractivity contribution in [3.63, 3.8) is 0 Å². The van der Waals surface area contributed by atoms with Gasteiger partial charge in [0.1, 0.15) is 11.5 Å². The van der Waals surface area contributed by atoms with Crippen molar-refractivity contribution in [1.29, 1.82) is 0 Å². The van der Waals surface area contributed by atoms with Crippen LogP contribution in [0.1, 0.15) is 22.3 Å². The summed E-state index contributed by atoms with van der Waals surface area (Å²) in [7, 11) is 0. The number of alkyl halides is 6. The van der Waals surface area contributed by atoms with Crippen molar-refractivity contribution in [3.05, 3.63) is 52.9 Å². The van der Waals surface area contributed by atoms with Gasteiger partial charge in [-0.1, -0.05) is 11.6 Å². The fraction of sp³-hybridized carbons (Fsp3) is 0.409. The number of hydrogen-bond acceptors (Lipinski definition) is 5. The Kier molecular flexibility index (Phi) is 6.96. The summed E-state index contributed by atoms with van der Waals surface area (Å²) in [5, 5.41) is 0.0915. The highest BCUT2D eigenvalue weighted by Crippen LogP contribution is 2.34. The molecule has 13 heteroatoms. The second-order valence-corrected chi connectivity index (χ2v) is 8.55. The molecule has 0 aliphatic carbocycles. The monoisotopic (exact) mass is 519 g/mol. The van der Waals surface area contributed by atoms with Crippen LogP contribution in [0.4, 0.5) is 32.2 Å². The molecular weight excluding hydrogens is 500 g/mol. The van der Waals surface area contributed by atoms with Gasteiger partial charge in [0, 0.05) is 56.7 Å². The van der Waals surface area contributed by atoms with Gasteiger partial charge >= 0.3 is 12.4 Å². The number of carbonyl (C=O) groups is 1. The van der Waals surface area contributed by atoms with Gasteiger partial charge < -0.3 is 9.47 Å². The number of fused-ring (bicyclic) bond motifs is 1. The first-order chi connectivity index (χ1) is 16.4. The molecule has 3 aromatic rings. The third kappa shape index (κ3) is 5.53. The van der Waals surface area contributed by atoms with Crippen LogP contribution in [0.5, 0.6) is 0 Å². The molecule has 0 saturated carbocycles. The topological polar surface area (TPSA) is 54.3 Å². The minimum Gasteiger partial charge on any atom is -0.353 e. The summed E-state index contributed by atoms with van der Waals surface area (Å²) in [6.45, 7) is 3.25. The van der Waals surface area contributed by atoms with Gasteiger partial charge in [0.2, 0.25) is 0 Å². The Balaban J connectivity index is 1.35. The van der Waals surface area contributed by atoms with Crippen LogP contribution in [0.2, 0.25) is 5.02 Å². The van der Waals surface area contributed by atoms with Gasteiger partial charge in [0.25, 0.3) is 5.78 Å². The fourth-order valence-corrected chi connectivity index (χ4v) is 4.38. The number of piperazine rings is 1. The van der Waals surface area contributed by atoms with Crippen molar-refractivity contribution < 1.29 is 31.1 Å². The summed E-state index contributed by atoms with van der Waals surface area (Å²) in [6.07, 6.45) is -5.47. The van der Waals surface area contributed by atoms with E-state index in [0.29, 0.717) is 57.2 Å². The third-order valence-electron chi connectivity index (χ3n) is 5.83. The van der Waals surface area contributed by atoms with Crippen LogP contribution < -0.4 is 4.90 Å². The zero-order valence-electron chi connectivity index (χ0n) is 18.2. The van der Waals surface area contributed by atoms with Crippen molar-refractivity contribution in [3.8, 4) is 0 Å². The van der Waals surface area contributed by atoms with Crippen LogP contribution in [0, 0.1) is 0 Å². The van der Waals surface area contributed by atoms with Crippen LogP contribution >= 0.6 is 11.6 Å². The van der Waals surface area contributed by atoms with E-state index < -0.39 is 29.3 Å². The van der Waals surface area contributed by atoms with E-state index in [4.69, 9.17) is 11.6 Å². The summed E-state index contributed by atoms with van der Waals surface area (Å²) in [6, 6.07) is 3.79. The molecule has 1 saturated heterocycles. The highest BCUT2D eigenvalue weighted by atomic mass is 35.5. The minimum absolute atomic E-state index is 0.0653. The SMILES string of the molecule is O=C(c1cn(CCCN2CCN(c3ncc(C(F)(F)F)cc3Cl)CC2)c2ncccc12)C(F)(F)F. The van der Waals surface area contributed by atoms with Crippen molar-refractivity contribution in [2.75, 3.05) is 37.6 Å². The molecule has 4 rings (SSSR count). The van der Waals surface area contributed by atoms with Crippen LogP contribution in [-0.2, 0) is 12.7 Å². The lowest BCUT2D eigenvalue weighted by atomic mass is 10.1. The zero-order valence-corrected chi connectivity index (χ0v) is 19.0. The number of ketones is 1. The molecule has 0 unspecified atom stereocenters. The fourth-order valence-electron chi connectivity index (χ4n) is 4.09. The molecule has 0 radical (unpaired) electrons. The molecule has 1 aliphatic heterocycles. The number of anilines is 1. The number of carbonyl (C=O) groups excluding carboxylic acids is 1. The molecule has 1 aliphatic rings. The van der Waals surface area contributed by atoms with Gasteiger partial charge in [-0.3, -0.25) is 9.69 Å².